The fraction of sp³-hybridized carbons (Fsp3) is 0.400. The zero-order valence-corrected chi connectivity index (χ0v) is 15.5. The van der Waals surface area contributed by atoms with Crippen LogP contribution in [0.2, 0.25) is 0 Å². The van der Waals surface area contributed by atoms with Gasteiger partial charge in [0, 0.05) is 38.3 Å². The summed E-state index contributed by atoms with van der Waals surface area (Å²) in [5.41, 5.74) is 2.43. The summed E-state index contributed by atoms with van der Waals surface area (Å²) in [4.78, 5) is 25.9. The zero-order valence-electron chi connectivity index (χ0n) is 15.5. The molecule has 0 saturated heterocycles. The molecule has 0 aliphatic rings. The van der Waals surface area contributed by atoms with E-state index < -0.39 is 0 Å². The number of rotatable bonds is 10. The average molecular weight is 357 g/mol. The van der Waals surface area contributed by atoms with Gasteiger partial charge in [-0.05, 0) is 44.0 Å². The van der Waals surface area contributed by atoms with Crippen LogP contribution in [0.1, 0.15) is 35.9 Å². The molecule has 0 spiro atoms. The number of nitrogens with one attached hydrogen (secondary N) is 2. The summed E-state index contributed by atoms with van der Waals surface area (Å²) in [6.07, 6.45) is 2.43. The molecule has 1 aromatic carbocycles. The van der Waals surface area contributed by atoms with Crippen LogP contribution in [0.15, 0.2) is 47.1 Å². The lowest BCUT2D eigenvalue weighted by molar-refractivity contribution is -0.121. The van der Waals surface area contributed by atoms with Crippen molar-refractivity contribution in [2.75, 3.05) is 31.1 Å². The summed E-state index contributed by atoms with van der Waals surface area (Å²) in [5.74, 6) is 0.0237. The number of furan rings is 1. The van der Waals surface area contributed by atoms with Gasteiger partial charge in [0.25, 0.3) is 5.91 Å². The van der Waals surface area contributed by atoms with Crippen molar-refractivity contribution in [3.05, 3.63) is 54.0 Å². The lowest BCUT2D eigenvalue weighted by atomic mass is 10.2. The van der Waals surface area contributed by atoms with Gasteiger partial charge >= 0.3 is 0 Å². The van der Waals surface area contributed by atoms with Crippen molar-refractivity contribution in [2.24, 2.45) is 0 Å². The van der Waals surface area contributed by atoms with Gasteiger partial charge in [0.15, 0.2) is 5.76 Å². The monoisotopic (exact) mass is 357 g/mol. The van der Waals surface area contributed by atoms with E-state index in [1.165, 1.54) is 17.5 Å². The molecule has 0 saturated carbocycles. The van der Waals surface area contributed by atoms with Crippen LogP contribution >= 0.6 is 0 Å². The zero-order chi connectivity index (χ0) is 18.8. The predicted molar refractivity (Wildman–Crippen MR) is 102 cm³/mol. The topological polar surface area (TPSA) is 74.6 Å². The van der Waals surface area contributed by atoms with E-state index in [0.717, 1.165) is 13.1 Å². The highest BCUT2D eigenvalue weighted by molar-refractivity contribution is 5.91. The lowest BCUT2D eigenvalue weighted by Crippen LogP contribution is -2.35. The van der Waals surface area contributed by atoms with Crippen LogP contribution < -0.4 is 15.5 Å². The van der Waals surface area contributed by atoms with E-state index in [2.05, 4.69) is 41.5 Å². The first kappa shape index (κ1) is 19.6. The Bertz CT molecular complexity index is 698. The Morgan fingerprint density at radius 3 is 2.58 bits per heavy atom. The van der Waals surface area contributed by atoms with Gasteiger partial charge in [0.05, 0.1) is 6.26 Å². The molecule has 6 heteroatoms. The fourth-order valence-electron chi connectivity index (χ4n) is 2.73. The summed E-state index contributed by atoms with van der Waals surface area (Å²) >= 11 is 0. The summed E-state index contributed by atoms with van der Waals surface area (Å²) in [5, 5.41) is 5.67. The average Bonchev–Trinajstić information content (AvgIpc) is 3.18. The molecule has 0 fully saturated rings. The second-order valence-electron chi connectivity index (χ2n) is 6.05. The number of anilines is 1. The third kappa shape index (κ3) is 5.95. The van der Waals surface area contributed by atoms with Crippen molar-refractivity contribution < 1.29 is 14.0 Å². The summed E-state index contributed by atoms with van der Waals surface area (Å²) < 4.78 is 5.01. The van der Waals surface area contributed by atoms with Crippen molar-refractivity contribution in [1.82, 2.24) is 10.6 Å². The largest absolute Gasteiger partial charge is 0.459 e. The molecule has 1 aromatic heterocycles. The molecule has 2 aromatic rings. The van der Waals surface area contributed by atoms with Crippen molar-refractivity contribution in [3.8, 4) is 0 Å². The minimum absolute atomic E-state index is 0.00177. The van der Waals surface area contributed by atoms with E-state index in [-0.39, 0.29) is 17.6 Å². The highest BCUT2D eigenvalue weighted by Gasteiger charge is 2.09. The molecule has 1 heterocycles. The Labute approximate surface area is 154 Å². The highest BCUT2D eigenvalue weighted by Crippen LogP contribution is 2.18. The number of aryl methyl sites for hydroxylation is 1. The lowest BCUT2D eigenvalue weighted by Gasteiger charge is -2.25. The number of carbonyl (C=O) groups excluding carboxylic acids is 2. The van der Waals surface area contributed by atoms with E-state index in [1.807, 2.05) is 12.1 Å². The van der Waals surface area contributed by atoms with Gasteiger partial charge < -0.3 is 20.0 Å². The third-order valence-electron chi connectivity index (χ3n) is 4.15. The summed E-state index contributed by atoms with van der Waals surface area (Å²) in [6, 6.07) is 11.5. The Kier molecular flexibility index (Phi) is 7.74. The first-order valence-corrected chi connectivity index (χ1v) is 9.00. The molecule has 2 rings (SSSR count). The molecule has 0 atom stereocenters. The van der Waals surface area contributed by atoms with Crippen molar-refractivity contribution in [2.45, 2.75) is 26.7 Å². The maximum Gasteiger partial charge on any atom is 0.286 e. The van der Waals surface area contributed by atoms with Crippen molar-refractivity contribution in [1.29, 1.82) is 0 Å². The summed E-state index contributed by atoms with van der Waals surface area (Å²) in [6.45, 7) is 6.89. The number of amides is 2. The molecule has 0 bridgehead atoms. The number of benzene rings is 1. The number of hydrogen-bond donors (Lipinski definition) is 2. The second-order valence-corrected chi connectivity index (χ2v) is 6.05. The SMILES string of the molecule is CCN(CCNC(=O)CCCNC(=O)c1ccco1)c1ccccc1C. The molecule has 2 amide bonds. The minimum atomic E-state index is -0.257. The quantitative estimate of drug-likeness (QED) is 0.641. The van der Waals surface area contributed by atoms with E-state index in [9.17, 15) is 9.59 Å². The smallest absolute Gasteiger partial charge is 0.286 e. The van der Waals surface area contributed by atoms with Gasteiger partial charge in [-0.25, -0.2) is 0 Å². The molecule has 0 unspecified atom stereocenters. The van der Waals surface area contributed by atoms with Gasteiger partial charge in [-0.15, -0.1) is 0 Å². The molecular formula is C20H27N3O3. The maximum absolute atomic E-state index is 11.9. The second kappa shape index (κ2) is 10.3. The molecule has 0 radical (unpaired) electrons. The molecular weight excluding hydrogens is 330 g/mol. The molecule has 26 heavy (non-hydrogen) atoms. The first-order chi connectivity index (χ1) is 12.6. The van der Waals surface area contributed by atoms with E-state index in [1.54, 1.807) is 12.1 Å². The minimum Gasteiger partial charge on any atom is -0.459 e. The maximum atomic E-state index is 11.9. The standard InChI is InChI=1S/C20H27N3O3/c1-3-23(17-9-5-4-8-16(17)2)14-13-21-19(24)11-6-12-22-20(25)18-10-7-15-26-18/h4-5,7-10,15H,3,6,11-14H2,1-2H3,(H,21,24)(H,22,25). The highest BCUT2D eigenvalue weighted by atomic mass is 16.3. The number of likely N-dealkylation sites (N-methyl/N-ethyl adjacent to an activating group) is 1. The van der Waals surface area contributed by atoms with Crippen LogP contribution in [0, 0.1) is 6.92 Å². The third-order valence-corrected chi connectivity index (χ3v) is 4.15. The van der Waals surface area contributed by atoms with E-state index in [0.29, 0.717) is 25.9 Å². The van der Waals surface area contributed by atoms with Crippen molar-refractivity contribution in [3.63, 3.8) is 0 Å². The van der Waals surface area contributed by atoms with Crippen LogP contribution in [0.25, 0.3) is 0 Å². The van der Waals surface area contributed by atoms with Crippen molar-refractivity contribution >= 4 is 17.5 Å². The number of carbonyl (C=O) groups is 2. The fourth-order valence-corrected chi connectivity index (χ4v) is 2.73. The Morgan fingerprint density at radius 1 is 1.08 bits per heavy atom. The van der Waals surface area contributed by atoms with Gasteiger partial charge in [-0.1, -0.05) is 18.2 Å². The molecule has 2 N–H and O–H groups in total. The first-order valence-electron chi connectivity index (χ1n) is 9.00. The Balaban J connectivity index is 1.62. The number of nitrogens with zero attached hydrogens (tertiary/aromatic N) is 1. The van der Waals surface area contributed by atoms with E-state index in [4.69, 9.17) is 4.42 Å². The predicted octanol–water partition coefficient (Wildman–Crippen LogP) is 2.74. The molecule has 0 aliphatic carbocycles. The van der Waals surface area contributed by atoms with Crippen LogP contribution in [0.4, 0.5) is 5.69 Å². The normalized spacial score (nSPS) is 10.4. The van der Waals surface area contributed by atoms with Gasteiger partial charge in [0.1, 0.15) is 0 Å². The van der Waals surface area contributed by atoms with Crippen LogP contribution in [-0.2, 0) is 4.79 Å². The Hall–Kier alpha value is -2.76. The summed E-state index contributed by atoms with van der Waals surface area (Å²) in [7, 11) is 0. The Morgan fingerprint density at radius 2 is 1.88 bits per heavy atom. The van der Waals surface area contributed by atoms with E-state index >= 15 is 0 Å². The number of hydrogen-bond acceptors (Lipinski definition) is 4. The van der Waals surface area contributed by atoms with Crippen LogP contribution in [0.3, 0.4) is 0 Å². The molecule has 140 valence electrons. The van der Waals surface area contributed by atoms with Gasteiger partial charge in [-0.3, -0.25) is 9.59 Å². The molecule has 6 nitrogen and oxygen atoms in total. The molecule has 0 aliphatic heterocycles. The van der Waals surface area contributed by atoms with Crippen LogP contribution in [-0.4, -0.2) is 38.0 Å². The van der Waals surface area contributed by atoms with Gasteiger partial charge in [-0.2, -0.15) is 0 Å². The number of para-hydroxylation sites is 1. The van der Waals surface area contributed by atoms with Crippen LogP contribution in [0.5, 0.6) is 0 Å². The van der Waals surface area contributed by atoms with Gasteiger partial charge in [0.2, 0.25) is 5.91 Å².